The van der Waals surface area contributed by atoms with Gasteiger partial charge in [0.1, 0.15) is 16.5 Å². The van der Waals surface area contributed by atoms with Crippen LogP contribution in [0, 0.1) is 0 Å². The minimum absolute atomic E-state index is 0.0393. The van der Waals surface area contributed by atoms with E-state index in [-0.39, 0.29) is 11.6 Å². The first kappa shape index (κ1) is 10.5. The van der Waals surface area contributed by atoms with Crippen molar-refractivity contribution in [2.75, 3.05) is 0 Å². The standard InChI is InChI=1S/C12H14ClNO/c1-8-12(2,3)15-10-7-5-4-6-9(10)11(13)14-8/h4-8H,1-3H3. The van der Waals surface area contributed by atoms with Crippen molar-refractivity contribution in [2.24, 2.45) is 4.99 Å². The van der Waals surface area contributed by atoms with Crippen LogP contribution in [-0.2, 0) is 0 Å². The van der Waals surface area contributed by atoms with Crippen LogP contribution in [0.15, 0.2) is 29.3 Å². The van der Waals surface area contributed by atoms with E-state index in [9.17, 15) is 0 Å². The normalized spacial score (nSPS) is 23.5. The number of para-hydroxylation sites is 1. The number of rotatable bonds is 0. The van der Waals surface area contributed by atoms with Gasteiger partial charge in [0.05, 0.1) is 11.6 Å². The minimum atomic E-state index is -0.327. The molecule has 2 rings (SSSR count). The second kappa shape index (κ2) is 3.53. The van der Waals surface area contributed by atoms with Crippen LogP contribution in [0.3, 0.4) is 0 Å². The van der Waals surface area contributed by atoms with Gasteiger partial charge in [0.2, 0.25) is 0 Å². The summed E-state index contributed by atoms with van der Waals surface area (Å²) in [4.78, 5) is 4.43. The topological polar surface area (TPSA) is 21.6 Å². The van der Waals surface area contributed by atoms with Gasteiger partial charge >= 0.3 is 0 Å². The highest BCUT2D eigenvalue weighted by Crippen LogP contribution is 2.31. The van der Waals surface area contributed by atoms with E-state index < -0.39 is 0 Å². The van der Waals surface area contributed by atoms with Crippen LogP contribution >= 0.6 is 11.6 Å². The molecule has 80 valence electrons. The summed E-state index contributed by atoms with van der Waals surface area (Å²) in [6.07, 6.45) is 0. The maximum Gasteiger partial charge on any atom is 0.135 e. The van der Waals surface area contributed by atoms with Gasteiger partial charge in [0.25, 0.3) is 0 Å². The Hall–Kier alpha value is -1.02. The van der Waals surface area contributed by atoms with Gasteiger partial charge in [-0.25, -0.2) is 0 Å². The largest absolute Gasteiger partial charge is 0.485 e. The second-order valence-corrected chi connectivity index (χ2v) is 4.66. The third-order valence-electron chi connectivity index (χ3n) is 2.80. The van der Waals surface area contributed by atoms with E-state index >= 15 is 0 Å². The van der Waals surface area contributed by atoms with Gasteiger partial charge in [0.15, 0.2) is 0 Å². The first-order chi connectivity index (χ1) is 7.00. The lowest BCUT2D eigenvalue weighted by Gasteiger charge is -2.28. The van der Waals surface area contributed by atoms with Gasteiger partial charge in [-0.3, -0.25) is 4.99 Å². The van der Waals surface area contributed by atoms with Gasteiger partial charge in [-0.2, -0.15) is 0 Å². The summed E-state index contributed by atoms with van der Waals surface area (Å²) in [5.41, 5.74) is 0.545. The molecule has 0 saturated carbocycles. The van der Waals surface area contributed by atoms with Crippen molar-refractivity contribution < 1.29 is 4.74 Å². The molecule has 0 saturated heterocycles. The Balaban J connectivity index is 2.55. The number of halogens is 1. The first-order valence-electron chi connectivity index (χ1n) is 5.02. The SMILES string of the molecule is CC1N=C(Cl)c2ccccc2OC1(C)C. The van der Waals surface area contributed by atoms with Crippen molar-refractivity contribution in [1.29, 1.82) is 0 Å². The number of fused-ring (bicyclic) bond motifs is 1. The quantitative estimate of drug-likeness (QED) is 0.662. The molecule has 15 heavy (non-hydrogen) atoms. The Morgan fingerprint density at radius 1 is 1.33 bits per heavy atom. The zero-order valence-corrected chi connectivity index (χ0v) is 9.88. The van der Waals surface area contributed by atoms with Crippen LogP contribution in [0.25, 0.3) is 0 Å². The number of benzene rings is 1. The van der Waals surface area contributed by atoms with E-state index in [1.807, 2.05) is 45.0 Å². The zero-order valence-electron chi connectivity index (χ0n) is 9.12. The molecule has 0 bridgehead atoms. The lowest BCUT2D eigenvalue weighted by Crippen LogP contribution is -2.38. The van der Waals surface area contributed by atoms with Crippen molar-refractivity contribution in [3.63, 3.8) is 0 Å². The Bertz CT molecular complexity index is 412. The minimum Gasteiger partial charge on any atom is -0.485 e. The molecule has 1 heterocycles. The van der Waals surface area contributed by atoms with E-state index in [1.165, 1.54) is 0 Å². The van der Waals surface area contributed by atoms with Gasteiger partial charge in [-0.15, -0.1) is 0 Å². The maximum absolute atomic E-state index is 6.14. The van der Waals surface area contributed by atoms with Crippen molar-refractivity contribution in [3.05, 3.63) is 29.8 Å². The number of hydrogen-bond acceptors (Lipinski definition) is 2. The summed E-state index contributed by atoms with van der Waals surface area (Å²) < 4.78 is 5.93. The molecule has 1 aliphatic rings. The van der Waals surface area contributed by atoms with Crippen LogP contribution < -0.4 is 4.74 Å². The molecule has 1 unspecified atom stereocenters. The monoisotopic (exact) mass is 223 g/mol. The Labute approximate surface area is 94.9 Å². The summed E-state index contributed by atoms with van der Waals surface area (Å²) >= 11 is 6.14. The smallest absolute Gasteiger partial charge is 0.135 e. The van der Waals surface area contributed by atoms with Crippen LogP contribution in [-0.4, -0.2) is 16.8 Å². The van der Waals surface area contributed by atoms with Crippen LogP contribution in [0.4, 0.5) is 0 Å². The molecule has 3 heteroatoms. The summed E-state index contributed by atoms with van der Waals surface area (Å²) in [5, 5.41) is 0.531. The van der Waals surface area contributed by atoms with Gasteiger partial charge < -0.3 is 4.74 Å². The van der Waals surface area contributed by atoms with Crippen molar-refractivity contribution >= 4 is 16.8 Å². The highest BCUT2D eigenvalue weighted by molar-refractivity contribution is 6.70. The van der Waals surface area contributed by atoms with Crippen molar-refractivity contribution in [3.8, 4) is 5.75 Å². The zero-order chi connectivity index (χ0) is 11.1. The van der Waals surface area contributed by atoms with Crippen LogP contribution in [0.1, 0.15) is 26.3 Å². The Morgan fingerprint density at radius 3 is 2.73 bits per heavy atom. The molecule has 1 aliphatic heterocycles. The molecular formula is C12H14ClNO. The molecule has 0 radical (unpaired) electrons. The Morgan fingerprint density at radius 2 is 2.00 bits per heavy atom. The van der Waals surface area contributed by atoms with Gasteiger partial charge in [0, 0.05) is 0 Å². The molecule has 0 N–H and O–H groups in total. The fourth-order valence-electron chi connectivity index (χ4n) is 1.49. The third kappa shape index (κ3) is 1.86. The van der Waals surface area contributed by atoms with E-state index in [4.69, 9.17) is 16.3 Å². The van der Waals surface area contributed by atoms with Gasteiger partial charge in [-0.1, -0.05) is 23.7 Å². The van der Waals surface area contributed by atoms with Crippen molar-refractivity contribution in [1.82, 2.24) is 0 Å². The summed E-state index contributed by atoms with van der Waals surface area (Å²) in [5.74, 6) is 0.806. The molecule has 0 amide bonds. The van der Waals surface area contributed by atoms with Gasteiger partial charge in [-0.05, 0) is 32.9 Å². The van der Waals surface area contributed by atoms with E-state index in [2.05, 4.69) is 4.99 Å². The average molecular weight is 224 g/mol. The molecule has 1 aromatic carbocycles. The second-order valence-electron chi connectivity index (χ2n) is 4.30. The van der Waals surface area contributed by atoms with E-state index in [0.29, 0.717) is 5.17 Å². The number of aliphatic imine (C=N–C) groups is 1. The molecular weight excluding hydrogens is 210 g/mol. The lowest BCUT2D eigenvalue weighted by atomic mass is 10.0. The Kier molecular flexibility index (Phi) is 2.47. The number of nitrogens with zero attached hydrogens (tertiary/aromatic N) is 1. The molecule has 0 aliphatic carbocycles. The predicted molar refractivity (Wildman–Crippen MR) is 63.0 cm³/mol. The summed E-state index contributed by atoms with van der Waals surface area (Å²) in [7, 11) is 0. The number of ether oxygens (including phenoxy) is 1. The predicted octanol–water partition coefficient (Wildman–Crippen LogP) is 3.23. The maximum atomic E-state index is 6.14. The first-order valence-corrected chi connectivity index (χ1v) is 5.40. The molecule has 0 fully saturated rings. The molecule has 0 aromatic heterocycles. The lowest BCUT2D eigenvalue weighted by molar-refractivity contribution is 0.0891. The third-order valence-corrected chi connectivity index (χ3v) is 3.10. The summed E-state index contributed by atoms with van der Waals surface area (Å²) in [6.45, 7) is 6.05. The number of hydrogen-bond donors (Lipinski definition) is 0. The molecule has 2 nitrogen and oxygen atoms in total. The van der Waals surface area contributed by atoms with Crippen LogP contribution in [0.2, 0.25) is 0 Å². The highest BCUT2D eigenvalue weighted by atomic mass is 35.5. The molecule has 1 atom stereocenters. The van der Waals surface area contributed by atoms with Crippen LogP contribution in [0.5, 0.6) is 5.75 Å². The fourth-order valence-corrected chi connectivity index (χ4v) is 1.79. The summed E-state index contributed by atoms with van der Waals surface area (Å²) in [6, 6.07) is 7.76. The molecule has 1 aromatic rings. The highest BCUT2D eigenvalue weighted by Gasteiger charge is 2.31. The average Bonchev–Trinajstić information content (AvgIpc) is 2.24. The molecule has 0 spiro atoms. The van der Waals surface area contributed by atoms with Crippen molar-refractivity contribution in [2.45, 2.75) is 32.4 Å². The van der Waals surface area contributed by atoms with E-state index in [1.54, 1.807) is 0 Å². The fraction of sp³-hybridized carbons (Fsp3) is 0.417. The van der Waals surface area contributed by atoms with E-state index in [0.717, 1.165) is 11.3 Å².